The van der Waals surface area contributed by atoms with Crippen molar-refractivity contribution in [3.63, 3.8) is 0 Å². The third-order valence-electron chi connectivity index (χ3n) is 3.59. The summed E-state index contributed by atoms with van der Waals surface area (Å²) in [5, 5.41) is 4.02. The van der Waals surface area contributed by atoms with Crippen molar-refractivity contribution in [2.45, 2.75) is 20.3 Å². The molecule has 0 saturated heterocycles. The molecule has 0 aliphatic carbocycles. The summed E-state index contributed by atoms with van der Waals surface area (Å²) in [5.74, 6) is 0.161. The maximum atomic E-state index is 12.2. The number of rotatable bonds is 4. The third kappa shape index (κ3) is 1.85. The number of ketones is 1. The van der Waals surface area contributed by atoms with Gasteiger partial charge in [-0.3, -0.25) is 4.79 Å². The van der Waals surface area contributed by atoms with Crippen LogP contribution in [0, 0.1) is 6.92 Å². The Balaban J connectivity index is 2.75. The van der Waals surface area contributed by atoms with E-state index in [1.54, 1.807) is 7.05 Å². The maximum Gasteiger partial charge on any atom is 0.179 e. The summed E-state index contributed by atoms with van der Waals surface area (Å²) >= 11 is 0. The summed E-state index contributed by atoms with van der Waals surface area (Å²) in [7, 11) is 3.84. The highest BCUT2D eigenvalue weighted by molar-refractivity contribution is 6.11. The summed E-state index contributed by atoms with van der Waals surface area (Å²) in [5.41, 5.74) is 4.39. The molecular weight excluding hydrogens is 224 g/mol. The minimum absolute atomic E-state index is 0.161. The van der Waals surface area contributed by atoms with Crippen LogP contribution in [0.1, 0.15) is 28.5 Å². The van der Waals surface area contributed by atoms with Crippen LogP contribution in [0.15, 0.2) is 18.2 Å². The average Bonchev–Trinajstić information content (AvgIpc) is 2.62. The first-order valence-corrected chi connectivity index (χ1v) is 6.36. The van der Waals surface area contributed by atoms with Crippen molar-refractivity contribution in [2.75, 3.05) is 13.6 Å². The quantitative estimate of drug-likeness (QED) is 0.838. The van der Waals surface area contributed by atoms with Gasteiger partial charge < -0.3 is 9.88 Å². The molecule has 2 rings (SSSR count). The maximum absolute atomic E-state index is 12.2. The molecule has 0 atom stereocenters. The molecule has 0 amide bonds. The number of hydrogen-bond donors (Lipinski definition) is 1. The van der Waals surface area contributed by atoms with Gasteiger partial charge in [-0.05, 0) is 26.0 Å². The standard InChI is InChI=1S/C15H20N2O/c1-5-11-7-6-8-12-14(13(18)9-16-3)10(2)17(4)15(11)12/h6-8,16H,5,9H2,1-4H3. The fourth-order valence-corrected chi connectivity index (χ4v) is 2.61. The summed E-state index contributed by atoms with van der Waals surface area (Å²) < 4.78 is 2.14. The van der Waals surface area contributed by atoms with Crippen LogP contribution in [-0.4, -0.2) is 23.9 Å². The Morgan fingerprint density at radius 2 is 2.11 bits per heavy atom. The highest BCUT2D eigenvalue weighted by atomic mass is 16.1. The lowest BCUT2D eigenvalue weighted by molar-refractivity contribution is 0.0994. The minimum Gasteiger partial charge on any atom is -0.347 e. The van der Waals surface area contributed by atoms with Gasteiger partial charge in [0.05, 0.1) is 12.1 Å². The lowest BCUT2D eigenvalue weighted by Gasteiger charge is -2.03. The van der Waals surface area contributed by atoms with Gasteiger partial charge >= 0.3 is 0 Å². The highest BCUT2D eigenvalue weighted by Crippen LogP contribution is 2.28. The Bertz CT molecular complexity index is 596. The largest absolute Gasteiger partial charge is 0.347 e. The van der Waals surface area contributed by atoms with E-state index < -0.39 is 0 Å². The van der Waals surface area contributed by atoms with Crippen LogP contribution in [0.25, 0.3) is 10.9 Å². The van der Waals surface area contributed by atoms with Gasteiger partial charge in [-0.1, -0.05) is 25.1 Å². The molecule has 0 aliphatic rings. The van der Waals surface area contributed by atoms with Crippen LogP contribution in [0.2, 0.25) is 0 Å². The topological polar surface area (TPSA) is 34.0 Å². The molecule has 18 heavy (non-hydrogen) atoms. The number of nitrogens with one attached hydrogen (secondary N) is 1. The number of fused-ring (bicyclic) bond motifs is 1. The number of carbonyl (C=O) groups excluding carboxylic acids is 1. The summed E-state index contributed by atoms with van der Waals surface area (Å²) in [6.07, 6.45) is 0.980. The molecular formula is C15H20N2O. The second kappa shape index (κ2) is 4.94. The van der Waals surface area contributed by atoms with Gasteiger partial charge in [-0.15, -0.1) is 0 Å². The van der Waals surface area contributed by atoms with E-state index in [9.17, 15) is 4.79 Å². The second-order valence-corrected chi connectivity index (χ2v) is 4.64. The Kier molecular flexibility index (Phi) is 3.53. The number of Topliss-reactive ketones (excluding diaryl/α,β-unsaturated/α-hetero) is 1. The summed E-state index contributed by atoms with van der Waals surface area (Å²) in [6, 6.07) is 6.22. The molecule has 0 unspecified atom stereocenters. The number of benzene rings is 1. The zero-order valence-electron chi connectivity index (χ0n) is 11.5. The zero-order valence-corrected chi connectivity index (χ0v) is 11.5. The van der Waals surface area contributed by atoms with Crippen LogP contribution in [0.4, 0.5) is 0 Å². The molecule has 1 aromatic carbocycles. The first-order valence-electron chi connectivity index (χ1n) is 6.36. The van der Waals surface area contributed by atoms with E-state index in [4.69, 9.17) is 0 Å². The van der Waals surface area contributed by atoms with Crippen LogP contribution < -0.4 is 5.32 Å². The van der Waals surface area contributed by atoms with E-state index in [1.165, 1.54) is 11.1 Å². The smallest absolute Gasteiger partial charge is 0.179 e. The minimum atomic E-state index is 0.161. The number of carbonyl (C=O) groups is 1. The van der Waals surface area contributed by atoms with E-state index in [0.29, 0.717) is 6.54 Å². The van der Waals surface area contributed by atoms with Gasteiger partial charge in [0.25, 0.3) is 0 Å². The summed E-state index contributed by atoms with van der Waals surface area (Å²) in [4.78, 5) is 12.2. The number of para-hydroxylation sites is 1. The van der Waals surface area contributed by atoms with Crippen molar-refractivity contribution in [1.82, 2.24) is 9.88 Å². The SMILES string of the molecule is CCc1cccc2c(C(=O)CNC)c(C)n(C)c12. The van der Waals surface area contributed by atoms with Gasteiger partial charge in [0.15, 0.2) is 5.78 Å². The molecule has 1 N–H and O–H groups in total. The average molecular weight is 244 g/mol. The van der Waals surface area contributed by atoms with Crippen LogP contribution in [0.5, 0.6) is 0 Å². The molecule has 1 heterocycles. The van der Waals surface area contributed by atoms with Crippen molar-refractivity contribution in [1.29, 1.82) is 0 Å². The number of aryl methyl sites for hydroxylation is 2. The van der Waals surface area contributed by atoms with Crippen LogP contribution >= 0.6 is 0 Å². The Hall–Kier alpha value is -1.61. The predicted octanol–water partition coefficient (Wildman–Crippen LogP) is 2.45. The molecule has 0 aliphatic heterocycles. The van der Waals surface area contributed by atoms with E-state index in [1.807, 2.05) is 26.1 Å². The highest BCUT2D eigenvalue weighted by Gasteiger charge is 2.18. The van der Waals surface area contributed by atoms with Crippen molar-refractivity contribution in [3.8, 4) is 0 Å². The summed E-state index contributed by atoms with van der Waals surface area (Å²) in [6.45, 7) is 4.55. The molecule has 3 nitrogen and oxygen atoms in total. The second-order valence-electron chi connectivity index (χ2n) is 4.64. The van der Waals surface area contributed by atoms with E-state index >= 15 is 0 Å². The lowest BCUT2D eigenvalue weighted by Crippen LogP contribution is -2.19. The molecule has 0 fully saturated rings. The molecule has 2 aromatic rings. The number of nitrogens with zero attached hydrogens (tertiary/aromatic N) is 1. The van der Waals surface area contributed by atoms with Crippen LogP contribution in [-0.2, 0) is 13.5 Å². The normalized spacial score (nSPS) is 11.1. The third-order valence-corrected chi connectivity index (χ3v) is 3.59. The molecule has 1 aromatic heterocycles. The fraction of sp³-hybridized carbons (Fsp3) is 0.400. The first-order chi connectivity index (χ1) is 8.61. The fourth-order valence-electron chi connectivity index (χ4n) is 2.61. The Morgan fingerprint density at radius 1 is 1.39 bits per heavy atom. The van der Waals surface area contributed by atoms with Gasteiger partial charge in [-0.2, -0.15) is 0 Å². The molecule has 0 radical (unpaired) electrons. The number of likely N-dealkylation sites (N-methyl/N-ethyl adjacent to an activating group) is 1. The lowest BCUT2D eigenvalue weighted by atomic mass is 10.0. The molecule has 96 valence electrons. The van der Waals surface area contributed by atoms with Crippen LogP contribution in [0.3, 0.4) is 0 Å². The van der Waals surface area contributed by atoms with Crippen molar-refractivity contribution < 1.29 is 4.79 Å². The van der Waals surface area contributed by atoms with Crippen molar-refractivity contribution in [2.24, 2.45) is 7.05 Å². The molecule has 0 bridgehead atoms. The Labute approximate surface area is 108 Å². The first kappa shape index (κ1) is 12.8. The Morgan fingerprint density at radius 3 is 2.72 bits per heavy atom. The monoisotopic (exact) mass is 244 g/mol. The van der Waals surface area contributed by atoms with E-state index in [0.717, 1.165) is 23.1 Å². The van der Waals surface area contributed by atoms with E-state index in [2.05, 4.69) is 22.9 Å². The van der Waals surface area contributed by atoms with Crippen molar-refractivity contribution >= 4 is 16.7 Å². The van der Waals surface area contributed by atoms with Gasteiger partial charge in [0.2, 0.25) is 0 Å². The van der Waals surface area contributed by atoms with Gasteiger partial charge in [-0.25, -0.2) is 0 Å². The predicted molar refractivity (Wildman–Crippen MR) is 75.3 cm³/mol. The van der Waals surface area contributed by atoms with E-state index in [-0.39, 0.29) is 5.78 Å². The zero-order chi connectivity index (χ0) is 13.3. The molecule has 0 saturated carbocycles. The van der Waals surface area contributed by atoms with Gasteiger partial charge in [0, 0.05) is 23.7 Å². The molecule has 0 spiro atoms. The van der Waals surface area contributed by atoms with Gasteiger partial charge in [0.1, 0.15) is 0 Å². The molecule has 3 heteroatoms. The number of aromatic nitrogens is 1. The van der Waals surface area contributed by atoms with Crippen molar-refractivity contribution in [3.05, 3.63) is 35.0 Å². The number of hydrogen-bond acceptors (Lipinski definition) is 2.